The zero-order valence-corrected chi connectivity index (χ0v) is 10.0. The molecule has 0 atom stereocenters. The number of amides is 2. The van der Waals surface area contributed by atoms with Crippen LogP contribution in [0.3, 0.4) is 0 Å². The molecule has 0 spiro atoms. The van der Waals surface area contributed by atoms with Crippen molar-refractivity contribution in [2.75, 3.05) is 18.5 Å². The molecular weight excluding hydrogens is 239 g/mol. The number of hydrogen-bond acceptors (Lipinski definition) is 2. The van der Waals surface area contributed by atoms with E-state index >= 15 is 0 Å². The average molecular weight is 254 g/mol. The maximum absolute atomic E-state index is 12.7. The largest absolute Gasteiger partial charge is 0.481 e. The summed E-state index contributed by atoms with van der Waals surface area (Å²) in [4.78, 5) is 23.3. The van der Waals surface area contributed by atoms with Gasteiger partial charge in [-0.15, -0.1) is 0 Å². The van der Waals surface area contributed by atoms with Crippen molar-refractivity contribution in [1.29, 1.82) is 0 Å². The highest BCUT2D eigenvalue weighted by atomic mass is 19.1. The summed E-state index contributed by atoms with van der Waals surface area (Å²) < 4.78 is 12.7. The van der Waals surface area contributed by atoms with Gasteiger partial charge in [-0.2, -0.15) is 0 Å². The molecular formula is C12H15FN2O3. The summed E-state index contributed by atoms with van der Waals surface area (Å²) in [5, 5.41) is 11.0. The number of halogens is 1. The standard InChI is InChI=1S/C12H15FN2O3/c1-15(10-6-4-9(13)5-7-10)12(18)14-8-2-3-11(16)17/h4-7H,2-3,8H2,1H3,(H,14,18)(H,16,17). The van der Waals surface area contributed by atoms with Gasteiger partial charge in [0.15, 0.2) is 0 Å². The van der Waals surface area contributed by atoms with E-state index in [4.69, 9.17) is 5.11 Å². The normalized spacial score (nSPS) is 9.89. The minimum absolute atomic E-state index is 0.0144. The van der Waals surface area contributed by atoms with Gasteiger partial charge in [0, 0.05) is 25.7 Å². The molecule has 0 saturated heterocycles. The van der Waals surface area contributed by atoms with Crippen molar-refractivity contribution in [3.05, 3.63) is 30.1 Å². The third-order valence-corrected chi connectivity index (χ3v) is 2.36. The van der Waals surface area contributed by atoms with Crippen LogP contribution in [0.4, 0.5) is 14.9 Å². The van der Waals surface area contributed by atoms with Gasteiger partial charge in [0.1, 0.15) is 5.82 Å². The lowest BCUT2D eigenvalue weighted by Gasteiger charge is -2.17. The van der Waals surface area contributed by atoms with E-state index in [9.17, 15) is 14.0 Å². The third-order valence-electron chi connectivity index (χ3n) is 2.36. The topological polar surface area (TPSA) is 69.6 Å². The fourth-order valence-electron chi connectivity index (χ4n) is 1.34. The van der Waals surface area contributed by atoms with Gasteiger partial charge < -0.3 is 10.4 Å². The van der Waals surface area contributed by atoms with E-state index in [2.05, 4.69) is 5.32 Å². The fraction of sp³-hybridized carbons (Fsp3) is 0.333. The minimum Gasteiger partial charge on any atom is -0.481 e. The Balaban J connectivity index is 2.41. The number of nitrogens with zero attached hydrogens (tertiary/aromatic N) is 1. The summed E-state index contributed by atoms with van der Waals surface area (Å²) >= 11 is 0. The SMILES string of the molecule is CN(C(=O)NCCCC(=O)O)c1ccc(F)cc1. The second-order valence-corrected chi connectivity index (χ2v) is 3.76. The lowest BCUT2D eigenvalue weighted by Crippen LogP contribution is -2.37. The van der Waals surface area contributed by atoms with Crippen LogP contribution < -0.4 is 10.2 Å². The van der Waals surface area contributed by atoms with Crippen LogP contribution in [0.2, 0.25) is 0 Å². The predicted octanol–water partition coefficient (Wildman–Crippen LogP) is 1.84. The molecule has 0 aliphatic carbocycles. The first kappa shape index (κ1) is 14.0. The van der Waals surface area contributed by atoms with Crippen LogP contribution in [0.25, 0.3) is 0 Å². The number of urea groups is 1. The predicted molar refractivity (Wildman–Crippen MR) is 65.1 cm³/mol. The number of rotatable bonds is 5. The molecule has 98 valence electrons. The molecule has 1 aromatic carbocycles. The summed E-state index contributed by atoms with van der Waals surface area (Å²) in [5.74, 6) is -1.26. The molecule has 0 heterocycles. The van der Waals surface area contributed by atoms with Gasteiger partial charge in [-0.05, 0) is 30.7 Å². The molecule has 0 aliphatic rings. The Kier molecular flexibility index (Phi) is 5.10. The quantitative estimate of drug-likeness (QED) is 0.788. The molecule has 0 bridgehead atoms. The van der Waals surface area contributed by atoms with Gasteiger partial charge in [-0.1, -0.05) is 0 Å². The van der Waals surface area contributed by atoms with E-state index in [0.29, 0.717) is 12.1 Å². The summed E-state index contributed by atoms with van der Waals surface area (Å²) in [7, 11) is 1.56. The molecule has 2 amide bonds. The number of anilines is 1. The van der Waals surface area contributed by atoms with E-state index in [-0.39, 0.29) is 24.8 Å². The zero-order valence-electron chi connectivity index (χ0n) is 10.0. The van der Waals surface area contributed by atoms with Crippen molar-refractivity contribution >= 4 is 17.7 Å². The number of carboxylic acid groups (broad SMARTS) is 1. The Morgan fingerprint density at radius 2 is 1.94 bits per heavy atom. The summed E-state index contributed by atoms with van der Waals surface area (Å²) in [6.07, 6.45) is 0.388. The van der Waals surface area contributed by atoms with Gasteiger partial charge in [0.25, 0.3) is 0 Å². The first-order valence-electron chi connectivity index (χ1n) is 5.49. The summed E-state index contributed by atoms with van der Waals surface area (Å²) in [6.45, 7) is 0.288. The summed E-state index contributed by atoms with van der Waals surface area (Å²) in [5.41, 5.74) is 0.562. The molecule has 1 rings (SSSR count). The minimum atomic E-state index is -0.892. The van der Waals surface area contributed by atoms with Crippen molar-refractivity contribution < 1.29 is 19.1 Å². The van der Waals surface area contributed by atoms with Gasteiger partial charge in [0.2, 0.25) is 0 Å². The molecule has 0 aromatic heterocycles. The van der Waals surface area contributed by atoms with Crippen LogP contribution in [-0.2, 0) is 4.79 Å². The molecule has 0 aliphatic heterocycles. The van der Waals surface area contributed by atoms with Crippen LogP contribution in [0.15, 0.2) is 24.3 Å². The van der Waals surface area contributed by atoms with Crippen LogP contribution >= 0.6 is 0 Å². The number of carboxylic acids is 1. The number of benzene rings is 1. The fourth-order valence-corrected chi connectivity index (χ4v) is 1.34. The van der Waals surface area contributed by atoms with Crippen molar-refractivity contribution in [2.24, 2.45) is 0 Å². The maximum Gasteiger partial charge on any atom is 0.321 e. The lowest BCUT2D eigenvalue weighted by atomic mass is 10.3. The number of carbonyl (C=O) groups excluding carboxylic acids is 1. The molecule has 0 unspecified atom stereocenters. The molecule has 2 N–H and O–H groups in total. The van der Waals surface area contributed by atoms with Gasteiger partial charge in [-0.25, -0.2) is 9.18 Å². The molecule has 0 fully saturated rings. The molecule has 0 radical (unpaired) electrons. The maximum atomic E-state index is 12.7. The molecule has 5 nitrogen and oxygen atoms in total. The average Bonchev–Trinajstić information content (AvgIpc) is 2.34. The highest BCUT2D eigenvalue weighted by molar-refractivity contribution is 5.91. The van der Waals surface area contributed by atoms with Crippen molar-refractivity contribution in [3.8, 4) is 0 Å². The lowest BCUT2D eigenvalue weighted by molar-refractivity contribution is -0.137. The third kappa shape index (κ3) is 4.40. The monoisotopic (exact) mass is 254 g/mol. The smallest absolute Gasteiger partial charge is 0.321 e. The van der Waals surface area contributed by atoms with Crippen molar-refractivity contribution in [2.45, 2.75) is 12.8 Å². The van der Waals surface area contributed by atoms with Gasteiger partial charge in [-0.3, -0.25) is 9.69 Å². The van der Waals surface area contributed by atoms with Crippen molar-refractivity contribution in [1.82, 2.24) is 5.32 Å². The second-order valence-electron chi connectivity index (χ2n) is 3.76. The Labute approximate surface area is 104 Å². The first-order chi connectivity index (χ1) is 8.50. The molecule has 18 heavy (non-hydrogen) atoms. The van der Waals surface area contributed by atoms with Crippen LogP contribution in [0.1, 0.15) is 12.8 Å². The molecule has 6 heteroatoms. The Hall–Kier alpha value is -2.11. The number of aliphatic carboxylic acids is 1. The molecule has 1 aromatic rings. The van der Waals surface area contributed by atoms with E-state index < -0.39 is 5.97 Å². The highest BCUT2D eigenvalue weighted by Crippen LogP contribution is 2.12. The van der Waals surface area contributed by atoms with E-state index in [1.54, 1.807) is 7.05 Å². The Bertz CT molecular complexity index is 420. The Morgan fingerprint density at radius 1 is 1.33 bits per heavy atom. The molecule has 0 saturated carbocycles. The highest BCUT2D eigenvalue weighted by Gasteiger charge is 2.10. The van der Waals surface area contributed by atoms with E-state index in [0.717, 1.165) is 0 Å². The first-order valence-corrected chi connectivity index (χ1v) is 5.49. The number of carbonyl (C=O) groups is 2. The van der Waals surface area contributed by atoms with Gasteiger partial charge in [0.05, 0.1) is 0 Å². The van der Waals surface area contributed by atoms with Crippen LogP contribution in [-0.4, -0.2) is 30.7 Å². The second kappa shape index (κ2) is 6.58. The zero-order chi connectivity index (χ0) is 13.5. The summed E-state index contributed by atoms with van der Waals surface area (Å²) in [6, 6.07) is 5.16. The number of hydrogen-bond donors (Lipinski definition) is 2. The number of nitrogens with one attached hydrogen (secondary N) is 1. The van der Waals surface area contributed by atoms with Crippen molar-refractivity contribution in [3.63, 3.8) is 0 Å². The van der Waals surface area contributed by atoms with Crippen LogP contribution in [0, 0.1) is 5.82 Å². The Morgan fingerprint density at radius 3 is 2.50 bits per heavy atom. The van der Waals surface area contributed by atoms with Crippen LogP contribution in [0.5, 0.6) is 0 Å². The van der Waals surface area contributed by atoms with E-state index in [1.807, 2.05) is 0 Å². The van der Waals surface area contributed by atoms with Gasteiger partial charge >= 0.3 is 12.0 Å². The van der Waals surface area contributed by atoms with E-state index in [1.165, 1.54) is 29.2 Å².